The van der Waals surface area contributed by atoms with Crippen LogP contribution in [0.15, 0.2) is 91.5 Å². The van der Waals surface area contributed by atoms with Crippen LogP contribution in [0.2, 0.25) is 0 Å². The molecule has 0 radical (unpaired) electrons. The molecule has 1 amide bonds. The Kier molecular flexibility index (Phi) is 5.02. The molecule has 0 atom stereocenters. The summed E-state index contributed by atoms with van der Waals surface area (Å²) in [7, 11) is 0. The molecule has 0 unspecified atom stereocenters. The molecule has 6 heteroatoms. The van der Waals surface area contributed by atoms with Crippen molar-refractivity contribution in [2.75, 3.05) is 0 Å². The number of nitrogens with one attached hydrogen (secondary N) is 2. The lowest BCUT2D eigenvalue weighted by molar-refractivity contribution is -0.120. The van der Waals surface area contributed by atoms with Gasteiger partial charge in [0.15, 0.2) is 0 Å². The number of carbonyl (C=O) groups excluding carboxylic acids is 1. The van der Waals surface area contributed by atoms with Crippen molar-refractivity contribution >= 4 is 16.8 Å². The van der Waals surface area contributed by atoms with E-state index in [9.17, 15) is 4.79 Å². The number of hydrogen-bond donors (Lipinski definition) is 2. The molecular weight excluding hydrogens is 386 g/mol. The topological polar surface area (TPSA) is 75.6 Å². The average molecular weight is 407 g/mol. The summed E-state index contributed by atoms with van der Waals surface area (Å²) < 4.78 is 1.84. The SMILES string of the molecule is O=C(Cc1c[nH]c2ccccc12)NCc1cn(-c2ccccc2)nc1-c1ccncc1. The van der Waals surface area contributed by atoms with Crippen molar-refractivity contribution in [1.29, 1.82) is 0 Å². The highest BCUT2D eigenvalue weighted by Gasteiger charge is 2.14. The number of carbonyl (C=O) groups is 1. The van der Waals surface area contributed by atoms with Crippen LogP contribution in [0, 0.1) is 0 Å². The van der Waals surface area contributed by atoms with Crippen LogP contribution < -0.4 is 5.32 Å². The molecule has 0 aliphatic heterocycles. The Morgan fingerprint density at radius 3 is 2.55 bits per heavy atom. The molecule has 3 aromatic heterocycles. The molecule has 31 heavy (non-hydrogen) atoms. The molecule has 5 rings (SSSR count). The van der Waals surface area contributed by atoms with Crippen LogP contribution in [-0.2, 0) is 17.8 Å². The number of fused-ring (bicyclic) bond motifs is 1. The summed E-state index contributed by atoms with van der Waals surface area (Å²) in [5.74, 6) is -0.0297. The van der Waals surface area contributed by atoms with Gasteiger partial charge >= 0.3 is 0 Å². The van der Waals surface area contributed by atoms with Crippen molar-refractivity contribution < 1.29 is 4.79 Å². The van der Waals surface area contributed by atoms with E-state index >= 15 is 0 Å². The lowest BCUT2D eigenvalue weighted by Gasteiger charge is -2.05. The first kappa shape index (κ1) is 18.8. The number of benzene rings is 2. The second-order valence-electron chi connectivity index (χ2n) is 7.33. The van der Waals surface area contributed by atoms with E-state index in [-0.39, 0.29) is 5.91 Å². The number of aromatic nitrogens is 4. The number of hydrogen-bond acceptors (Lipinski definition) is 3. The summed E-state index contributed by atoms with van der Waals surface area (Å²) in [6.45, 7) is 0.395. The summed E-state index contributed by atoms with van der Waals surface area (Å²) in [5, 5.41) is 8.91. The van der Waals surface area contributed by atoms with Crippen LogP contribution in [0.4, 0.5) is 0 Å². The van der Waals surface area contributed by atoms with E-state index in [0.717, 1.165) is 39.0 Å². The monoisotopic (exact) mass is 407 g/mol. The summed E-state index contributed by atoms with van der Waals surface area (Å²) in [5.41, 5.74) is 5.73. The predicted octanol–water partition coefficient (Wildman–Crippen LogP) is 4.27. The number of para-hydroxylation sites is 2. The van der Waals surface area contributed by atoms with Gasteiger partial charge in [0.1, 0.15) is 0 Å². The quantitative estimate of drug-likeness (QED) is 0.441. The Hall–Kier alpha value is -4.19. The predicted molar refractivity (Wildman–Crippen MR) is 121 cm³/mol. The van der Waals surface area contributed by atoms with Crippen molar-refractivity contribution in [3.8, 4) is 16.9 Å². The normalized spacial score (nSPS) is 11.0. The minimum atomic E-state index is -0.0297. The van der Waals surface area contributed by atoms with Gasteiger partial charge in [0.05, 0.1) is 17.8 Å². The minimum absolute atomic E-state index is 0.0297. The fourth-order valence-corrected chi connectivity index (χ4v) is 3.71. The molecule has 2 aromatic carbocycles. The molecule has 152 valence electrons. The van der Waals surface area contributed by atoms with Crippen LogP contribution in [0.1, 0.15) is 11.1 Å². The third-order valence-electron chi connectivity index (χ3n) is 5.27. The fourth-order valence-electron chi connectivity index (χ4n) is 3.71. The van der Waals surface area contributed by atoms with Gasteiger partial charge in [-0.2, -0.15) is 5.10 Å². The fraction of sp³-hybridized carbons (Fsp3) is 0.0800. The van der Waals surface area contributed by atoms with Gasteiger partial charge in [0.2, 0.25) is 5.91 Å². The van der Waals surface area contributed by atoms with Gasteiger partial charge in [0, 0.05) is 53.4 Å². The first-order chi connectivity index (χ1) is 15.3. The number of nitrogens with zero attached hydrogens (tertiary/aromatic N) is 3. The third kappa shape index (κ3) is 3.96. The molecule has 5 aromatic rings. The Bertz CT molecular complexity index is 1320. The van der Waals surface area contributed by atoms with Gasteiger partial charge in [-0.15, -0.1) is 0 Å². The highest BCUT2D eigenvalue weighted by Crippen LogP contribution is 2.23. The molecule has 0 spiro atoms. The lowest BCUT2D eigenvalue weighted by atomic mass is 10.1. The van der Waals surface area contributed by atoms with Gasteiger partial charge in [-0.1, -0.05) is 36.4 Å². The van der Waals surface area contributed by atoms with Crippen LogP contribution in [0.3, 0.4) is 0 Å². The van der Waals surface area contributed by atoms with Gasteiger partial charge < -0.3 is 10.3 Å². The maximum Gasteiger partial charge on any atom is 0.224 e. The van der Waals surface area contributed by atoms with Crippen LogP contribution in [0.25, 0.3) is 27.8 Å². The van der Waals surface area contributed by atoms with Gasteiger partial charge in [-0.05, 0) is 35.9 Å². The zero-order valence-electron chi connectivity index (χ0n) is 16.8. The van der Waals surface area contributed by atoms with E-state index in [4.69, 9.17) is 5.10 Å². The van der Waals surface area contributed by atoms with E-state index in [1.54, 1.807) is 12.4 Å². The number of amides is 1. The molecule has 0 saturated carbocycles. The maximum atomic E-state index is 12.7. The molecule has 2 N–H and O–H groups in total. The number of H-pyrrole nitrogens is 1. The summed E-state index contributed by atoms with van der Waals surface area (Å²) in [4.78, 5) is 20.0. The summed E-state index contributed by atoms with van der Waals surface area (Å²) in [6, 6.07) is 21.8. The third-order valence-corrected chi connectivity index (χ3v) is 5.27. The Labute approximate surface area is 179 Å². The molecule has 0 saturated heterocycles. The smallest absolute Gasteiger partial charge is 0.224 e. The Morgan fingerprint density at radius 1 is 0.935 bits per heavy atom. The largest absolute Gasteiger partial charge is 0.361 e. The van der Waals surface area contributed by atoms with E-state index in [2.05, 4.69) is 15.3 Å². The van der Waals surface area contributed by atoms with Crippen molar-refractivity contribution in [2.45, 2.75) is 13.0 Å². The Morgan fingerprint density at radius 2 is 1.71 bits per heavy atom. The van der Waals surface area contributed by atoms with Crippen LogP contribution in [-0.4, -0.2) is 25.7 Å². The molecule has 0 fully saturated rings. The van der Waals surface area contributed by atoms with Crippen LogP contribution in [0.5, 0.6) is 0 Å². The molecule has 0 aliphatic rings. The number of rotatable bonds is 6. The van der Waals surface area contributed by atoms with E-state index in [1.807, 2.05) is 83.8 Å². The standard InChI is InChI=1S/C25H21N5O/c31-24(14-19-15-27-23-9-5-4-8-22(19)23)28-16-20-17-30(21-6-2-1-3-7-21)29-25(20)18-10-12-26-13-11-18/h1-13,15,17,27H,14,16H2,(H,28,31). The lowest BCUT2D eigenvalue weighted by Crippen LogP contribution is -2.24. The van der Waals surface area contributed by atoms with Crippen molar-refractivity contribution in [2.24, 2.45) is 0 Å². The van der Waals surface area contributed by atoms with Gasteiger partial charge in [0.25, 0.3) is 0 Å². The highest BCUT2D eigenvalue weighted by molar-refractivity contribution is 5.88. The minimum Gasteiger partial charge on any atom is -0.361 e. The van der Waals surface area contributed by atoms with E-state index in [0.29, 0.717) is 13.0 Å². The molecular formula is C25H21N5O. The second kappa shape index (κ2) is 8.28. The zero-order valence-corrected chi connectivity index (χ0v) is 16.8. The average Bonchev–Trinajstić information content (AvgIpc) is 3.44. The number of pyridine rings is 1. The van der Waals surface area contributed by atoms with E-state index < -0.39 is 0 Å². The summed E-state index contributed by atoms with van der Waals surface area (Å²) >= 11 is 0. The van der Waals surface area contributed by atoms with Gasteiger partial charge in [-0.25, -0.2) is 4.68 Å². The molecule has 6 nitrogen and oxygen atoms in total. The van der Waals surface area contributed by atoms with Crippen molar-refractivity contribution in [3.63, 3.8) is 0 Å². The van der Waals surface area contributed by atoms with E-state index in [1.165, 1.54) is 0 Å². The molecule has 0 bridgehead atoms. The van der Waals surface area contributed by atoms with Crippen molar-refractivity contribution in [1.82, 2.24) is 25.1 Å². The van der Waals surface area contributed by atoms with Crippen LogP contribution >= 0.6 is 0 Å². The van der Waals surface area contributed by atoms with Crippen molar-refractivity contribution in [3.05, 3.63) is 103 Å². The van der Waals surface area contributed by atoms with Gasteiger partial charge in [-0.3, -0.25) is 9.78 Å². The summed E-state index contributed by atoms with van der Waals surface area (Å²) in [6.07, 6.45) is 7.69. The Balaban J connectivity index is 1.38. The first-order valence-electron chi connectivity index (χ1n) is 10.1. The zero-order chi connectivity index (χ0) is 21.0. The maximum absolute atomic E-state index is 12.7. The second-order valence-corrected chi connectivity index (χ2v) is 7.33. The first-order valence-corrected chi connectivity index (χ1v) is 10.1. The molecule has 3 heterocycles. The molecule has 0 aliphatic carbocycles. The number of aromatic amines is 1. The highest BCUT2D eigenvalue weighted by atomic mass is 16.1.